The van der Waals surface area contributed by atoms with E-state index in [1.165, 1.54) is 0 Å². The summed E-state index contributed by atoms with van der Waals surface area (Å²) in [4.78, 5) is 0. The molecule has 0 radical (unpaired) electrons. The van der Waals surface area contributed by atoms with Gasteiger partial charge in [0.2, 0.25) is 0 Å². The Morgan fingerprint density at radius 3 is 2.74 bits per heavy atom. The van der Waals surface area contributed by atoms with Crippen LogP contribution in [0.3, 0.4) is 0 Å². The number of halogens is 1. The van der Waals surface area contributed by atoms with E-state index in [1.54, 1.807) is 16.8 Å². The van der Waals surface area contributed by atoms with Gasteiger partial charge in [-0.15, -0.1) is 11.6 Å². The molecule has 1 aromatic rings. The van der Waals surface area contributed by atoms with E-state index in [-0.39, 0.29) is 0 Å². The second-order valence-electron chi connectivity index (χ2n) is 5.08. The number of likely N-dealkylation sites (N-methyl/N-ethyl adjacent to an activating group) is 1. The van der Waals surface area contributed by atoms with Gasteiger partial charge in [0.05, 0.1) is 20.6 Å². The first-order chi connectivity index (χ1) is 8.95. The van der Waals surface area contributed by atoms with E-state index in [4.69, 9.17) is 16.1 Å². The first kappa shape index (κ1) is 14.8. The van der Waals surface area contributed by atoms with Crippen molar-refractivity contribution in [3.8, 4) is 5.75 Å². The molecule has 2 rings (SSSR count). The molecule has 7 heteroatoms. The van der Waals surface area contributed by atoms with Gasteiger partial charge in [0.15, 0.2) is 0 Å². The largest absolute Gasteiger partial charge is 0.437 e. The van der Waals surface area contributed by atoms with Gasteiger partial charge in [0, 0.05) is 12.4 Å². The van der Waals surface area contributed by atoms with E-state index in [0.717, 1.165) is 6.54 Å². The van der Waals surface area contributed by atoms with Crippen LogP contribution in [0, 0.1) is 0 Å². The zero-order chi connectivity index (χ0) is 13.9. The number of alkyl halides is 1. The number of quaternary nitrogens is 1. The summed E-state index contributed by atoms with van der Waals surface area (Å²) in [6.07, 6.45) is 0. The first-order valence-corrected chi connectivity index (χ1v) is 8.35. The highest BCUT2D eigenvalue weighted by Crippen LogP contribution is 2.49. The van der Waals surface area contributed by atoms with Gasteiger partial charge in [0.25, 0.3) is 0 Å². The van der Waals surface area contributed by atoms with Crippen LogP contribution in [0.1, 0.15) is 0 Å². The van der Waals surface area contributed by atoms with Crippen LogP contribution in [0.15, 0.2) is 30.3 Å². The maximum Gasteiger partial charge on any atom is 0.437 e. The number of nitrogens with one attached hydrogen (secondary N) is 1. The van der Waals surface area contributed by atoms with Crippen LogP contribution in [0.4, 0.5) is 0 Å². The molecule has 106 valence electrons. The van der Waals surface area contributed by atoms with Crippen LogP contribution < -0.4 is 9.72 Å². The lowest BCUT2D eigenvalue weighted by Gasteiger charge is -2.42. The highest BCUT2D eigenvalue weighted by molar-refractivity contribution is 7.54. The van der Waals surface area contributed by atoms with Gasteiger partial charge in [-0.3, -0.25) is 0 Å². The molecular formula is C12H20ClN3O2P+. The predicted molar refractivity (Wildman–Crippen MR) is 77.1 cm³/mol. The Balaban J connectivity index is 2.21. The average molecular weight is 305 g/mol. The molecule has 1 fully saturated rings. The van der Waals surface area contributed by atoms with Gasteiger partial charge in [-0.05, 0) is 12.1 Å². The Hall–Kier alpha value is -0.580. The quantitative estimate of drug-likeness (QED) is 0.526. The lowest BCUT2D eigenvalue weighted by molar-refractivity contribution is -0.923. The van der Waals surface area contributed by atoms with Crippen LogP contribution in [-0.4, -0.2) is 48.9 Å². The number of rotatable bonds is 4. The van der Waals surface area contributed by atoms with Crippen molar-refractivity contribution in [1.29, 1.82) is 0 Å². The maximum atomic E-state index is 13.1. The van der Waals surface area contributed by atoms with Gasteiger partial charge in [-0.25, -0.2) is 9.16 Å². The number of nitrogens with zero attached hydrogens (tertiary/aromatic N) is 2. The van der Waals surface area contributed by atoms with E-state index in [2.05, 4.69) is 5.20 Å². The van der Waals surface area contributed by atoms with Crippen LogP contribution >= 0.6 is 19.3 Å². The van der Waals surface area contributed by atoms with E-state index >= 15 is 0 Å². The molecule has 1 aromatic carbocycles. The number of para-hydroxylation sites is 1. The van der Waals surface area contributed by atoms with Crippen LogP contribution in [0.25, 0.3) is 0 Å². The Kier molecular flexibility index (Phi) is 4.54. The molecule has 0 saturated carbocycles. The molecule has 1 unspecified atom stereocenters. The van der Waals surface area contributed by atoms with Gasteiger partial charge in [0.1, 0.15) is 12.3 Å². The Morgan fingerprint density at radius 1 is 1.42 bits per heavy atom. The van der Waals surface area contributed by atoms with Crippen LogP contribution in [0.2, 0.25) is 0 Å². The fourth-order valence-corrected chi connectivity index (χ4v) is 4.51. The van der Waals surface area contributed by atoms with Gasteiger partial charge in [-0.2, -0.15) is 4.67 Å². The summed E-state index contributed by atoms with van der Waals surface area (Å²) in [6.45, 7) is 2.08. The molecule has 5 nitrogen and oxygen atoms in total. The molecule has 0 spiro atoms. The summed E-state index contributed by atoms with van der Waals surface area (Å²) in [5, 5.41) is 3.09. The van der Waals surface area contributed by atoms with Crippen molar-refractivity contribution >= 4 is 19.3 Å². The first-order valence-electron chi connectivity index (χ1n) is 6.24. The number of benzene rings is 1. The molecule has 1 N–H and O–H groups in total. The molecule has 0 aromatic heterocycles. The molecule has 1 heterocycles. The lowest BCUT2D eigenvalue weighted by Crippen LogP contribution is -2.60. The highest BCUT2D eigenvalue weighted by Gasteiger charge is 2.44. The third kappa shape index (κ3) is 3.71. The molecule has 0 bridgehead atoms. The third-order valence-electron chi connectivity index (χ3n) is 3.00. The van der Waals surface area contributed by atoms with Crippen molar-refractivity contribution in [3.63, 3.8) is 0 Å². The summed E-state index contributed by atoms with van der Waals surface area (Å²) in [7, 11) is 0.830. The molecular weight excluding hydrogens is 285 g/mol. The van der Waals surface area contributed by atoms with Crippen LogP contribution in [-0.2, 0) is 4.57 Å². The normalized spacial score (nSPS) is 27.1. The molecule has 1 aliphatic heterocycles. The van der Waals surface area contributed by atoms with E-state index in [0.29, 0.717) is 29.3 Å². The van der Waals surface area contributed by atoms with Crippen molar-refractivity contribution < 1.29 is 13.7 Å². The summed E-state index contributed by atoms with van der Waals surface area (Å²) >= 11 is 5.78. The second kappa shape index (κ2) is 5.81. The van der Waals surface area contributed by atoms with Crippen molar-refractivity contribution in [3.05, 3.63) is 30.3 Å². The van der Waals surface area contributed by atoms with Crippen LogP contribution in [0.5, 0.6) is 5.75 Å². The standard InChI is InChI=1S/C12H20ClN3O2P/c1-16(2)11-10-15(9-8-13)19(17,14-16)18-12-6-4-3-5-7-12/h3-7H,8-11H2,1-2H3,(H,14,17)/q+1. The Bertz CT molecular complexity index is 469. The summed E-state index contributed by atoms with van der Waals surface area (Å²) in [5.74, 6) is 1.02. The van der Waals surface area contributed by atoms with Crippen molar-refractivity contribution in [2.45, 2.75) is 0 Å². The van der Waals surface area contributed by atoms with Gasteiger partial charge in [-0.1, -0.05) is 23.4 Å². The lowest BCUT2D eigenvalue weighted by atomic mass is 10.3. The topological polar surface area (TPSA) is 41.6 Å². The predicted octanol–water partition coefficient (Wildman–Crippen LogP) is 2.31. The van der Waals surface area contributed by atoms with E-state index < -0.39 is 7.67 Å². The molecule has 0 amide bonds. The molecule has 19 heavy (non-hydrogen) atoms. The van der Waals surface area contributed by atoms with Crippen molar-refractivity contribution in [2.24, 2.45) is 0 Å². The molecule has 1 aliphatic rings. The van der Waals surface area contributed by atoms with Crippen molar-refractivity contribution in [1.82, 2.24) is 9.87 Å². The summed E-state index contributed by atoms with van der Waals surface area (Å²) < 4.78 is 21.1. The minimum absolute atomic E-state index is 0.428. The monoisotopic (exact) mass is 304 g/mol. The minimum atomic E-state index is -3.11. The highest BCUT2D eigenvalue weighted by atomic mass is 35.5. The molecule has 1 saturated heterocycles. The third-order valence-corrected chi connectivity index (χ3v) is 5.57. The fourth-order valence-electron chi connectivity index (χ4n) is 2.00. The van der Waals surface area contributed by atoms with Crippen molar-refractivity contribution in [2.75, 3.05) is 39.6 Å². The average Bonchev–Trinajstić information content (AvgIpc) is 2.33. The fraction of sp³-hybridized carbons (Fsp3) is 0.500. The van der Waals surface area contributed by atoms with Gasteiger partial charge < -0.3 is 4.52 Å². The van der Waals surface area contributed by atoms with E-state index in [1.807, 2.05) is 32.3 Å². The van der Waals surface area contributed by atoms with E-state index in [9.17, 15) is 4.57 Å². The number of hydrogen-bond acceptors (Lipinski definition) is 2. The Morgan fingerprint density at radius 2 is 2.11 bits per heavy atom. The SMILES string of the molecule is C[N+]1(C)CCN(CCCl)P(=O)(Oc2ccccc2)N1. The zero-order valence-electron chi connectivity index (χ0n) is 11.3. The summed E-state index contributed by atoms with van der Waals surface area (Å²) in [6, 6.07) is 9.21. The molecule has 1 atom stereocenters. The maximum absolute atomic E-state index is 13.1. The van der Waals surface area contributed by atoms with Gasteiger partial charge >= 0.3 is 7.67 Å². The Labute approximate surface area is 119 Å². The molecule has 0 aliphatic carbocycles. The second-order valence-corrected chi connectivity index (χ2v) is 7.44. The number of hydrogen-bond donors (Lipinski definition) is 1. The summed E-state index contributed by atoms with van der Waals surface area (Å²) in [5.41, 5.74) is 0. The minimum Gasteiger partial charge on any atom is -0.419 e. The smallest absolute Gasteiger partial charge is 0.419 e. The zero-order valence-corrected chi connectivity index (χ0v) is 12.9.